The molecule has 2 aromatic heterocycles. The van der Waals surface area contributed by atoms with Gasteiger partial charge in [-0.05, 0) is 43.2 Å². The molecule has 24 heavy (non-hydrogen) atoms. The molecule has 0 fully saturated rings. The van der Waals surface area contributed by atoms with Gasteiger partial charge < -0.3 is 10.6 Å². The standard InChI is InChI=1S/C18H18BrN5/c1-12-5-6-15(9-16(12)19)23-17-8-13(2)22-18(24-17)21-11-14-4-3-7-20-10-14/h3-10H,11H2,1-2H3,(H2,21,22,23,24). The maximum Gasteiger partial charge on any atom is 0.225 e. The minimum atomic E-state index is 0.590. The van der Waals surface area contributed by atoms with Gasteiger partial charge >= 0.3 is 0 Å². The van der Waals surface area contributed by atoms with Gasteiger partial charge in [-0.3, -0.25) is 4.98 Å². The number of benzene rings is 1. The molecule has 0 bridgehead atoms. The zero-order valence-corrected chi connectivity index (χ0v) is 15.1. The summed E-state index contributed by atoms with van der Waals surface area (Å²) in [5.41, 5.74) is 4.15. The first-order valence-corrected chi connectivity index (χ1v) is 8.41. The highest BCUT2D eigenvalue weighted by molar-refractivity contribution is 9.10. The predicted molar refractivity (Wildman–Crippen MR) is 100 cm³/mol. The number of aryl methyl sites for hydroxylation is 2. The Morgan fingerprint density at radius 2 is 1.96 bits per heavy atom. The molecule has 1 aromatic carbocycles. The molecule has 0 atom stereocenters. The number of nitrogens with zero attached hydrogens (tertiary/aromatic N) is 3. The Morgan fingerprint density at radius 3 is 2.71 bits per heavy atom. The van der Waals surface area contributed by atoms with Crippen LogP contribution in [0.1, 0.15) is 16.8 Å². The Bertz CT molecular complexity index is 836. The normalized spacial score (nSPS) is 10.5. The fraction of sp³-hybridized carbons (Fsp3) is 0.167. The Kier molecular flexibility index (Phi) is 5.05. The van der Waals surface area contributed by atoms with Crippen molar-refractivity contribution in [3.63, 3.8) is 0 Å². The van der Waals surface area contributed by atoms with Crippen molar-refractivity contribution in [2.75, 3.05) is 10.6 Å². The number of halogens is 1. The molecule has 2 N–H and O–H groups in total. The van der Waals surface area contributed by atoms with Crippen molar-refractivity contribution in [2.45, 2.75) is 20.4 Å². The molecule has 3 rings (SSSR count). The first kappa shape index (κ1) is 16.4. The van der Waals surface area contributed by atoms with Gasteiger partial charge in [0.2, 0.25) is 5.95 Å². The second-order valence-corrected chi connectivity index (χ2v) is 6.38. The molecule has 0 spiro atoms. The number of nitrogens with one attached hydrogen (secondary N) is 2. The van der Waals surface area contributed by atoms with Crippen molar-refractivity contribution >= 4 is 33.4 Å². The van der Waals surface area contributed by atoms with Gasteiger partial charge in [-0.15, -0.1) is 0 Å². The lowest BCUT2D eigenvalue weighted by Crippen LogP contribution is -2.06. The average molecular weight is 384 g/mol. The summed E-state index contributed by atoms with van der Waals surface area (Å²) in [6.45, 7) is 4.64. The van der Waals surface area contributed by atoms with Gasteiger partial charge in [-0.1, -0.05) is 28.1 Å². The molecule has 6 heteroatoms. The molecule has 3 aromatic rings. The van der Waals surface area contributed by atoms with Crippen LogP contribution in [0, 0.1) is 13.8 Å². The van der Waals surface area contributed by atoms with E-state index in [1.165, 1.54) is 5.56 Å². The summed E-state index contributed by atoms with van der Waals surface area (Å²) in [7, 11) is 0. The van der Waals surface area contributed by atoms with Gasteiger partial charge in [0.15, 0.2) is 0 Å². The van der Waals surface area contributed by atoms with Crippen molar-refractivity contribution < 1.29 is 0 Å². The molecule has 5 nitrogen and oxygen atoms in total. The second-order valence-electron chi connectivity index (χ2n) is 5.52. The smallest absolute Gasteiger partial charge is 0.225 e. The van der Waals surface area contributed by atoms with E-state index < -0.39 is 0 Å². The number of pyridine rings is 1. The minimum absolute atomic E-state index is 0.590. The Morgan fingerprint density at radius 1 is 1.08 bits per heavy atom. The van der Waals surface area contributed by atoms with E-state index in [0.717, 1.165) is 27.2 Å². The highest BCUT2D eigenvalue weighted by Gasteiger charge is 2.04. The highest BCUT2D eigenvalue weighted by atomic mass is 79.9. The Balaban J connectivity index is 1.74. The predicted octanol–water partition coefficient (Wildman–Crippen LogP) is 4.61. The van der Waals surface area contributed by atoms with Crippen LogP contribution in [0.2, 0.25) is 0 Å². The molecule has 0 saturated carbocycles. The number of rotatable bonds is 5. The highest BCUT2D eigenvalue weighted by Crippen LogP contribution is 2.23. The van der Waals surface area contributed by atoms with Crippen LogP contribution in [0.4, 0.5) is 17.5 Å². The molecule has 122 valence electrons. The molecule has 0 aliphatic rings. The lowest BCUT2D eigenvalue weighted by Gasteiger charge is -2.11. The van der Waals surface area contributed by atoms with Crippen molar-refractivity contribution in [2.24, 2.45) is 0 Å². The number of anilines is 3. The monoisotopic (exact) mass is 383 g/mol. The molecule has 0 aliphatic carbocycles. The van der Waals surface area contributed by atoms with Crippen molar-refractivity contribution in [1.29, 1.82) is 0 Å². The zero-order chi connectivity index (χ0) is 16.9. The fourth-order valence-corrected chi connectivity index (χ4v) is 2.59. The summed E-state index contributed by atoms with van der Waals surface area (Å²) in [4.78, 5) is 13.1. The van der Waals surface area contributed by atoms with Crippen molar-refractivity contribution in [3.05, 3.63) is 70.1 Å². The molecule has 0 saturated heterocycles. The number of aromatic nitrogens is 3. The summed E-state index contributed by atoms with van der Waals surface area (Å²) in [5, 5.41) is 6.55. The summed E-state index contributed by atoms with van der Waals surface area (Å²) >= 11 is 3.55. The van der Waals surface area contributed by atoms with Crippen molar-refractivity contribution in [3.8, 4) is 0 Å². The van der Waals surface area contributed by atoms with Crippen LogP contribution in [0.5, 0.6) is 0 Å². The third-order valence-corrected chi connectivity index (χ3v) is 4.33. The quantitative estimate of drug-likeness (QED) is 0.673. The lowest BCUT2D eigenvalue weighted by atomic mass is 10.2. The van der Waals surface area contributed by atoms with E-state index in [9.17, 15) is 0 Å². The Labute approximate surface area is 149 Å². The van der Waals surface area contributed by atoms with Gasteiger partial charge in [0, 0.05) is 40.9 Å². The molecular formula is C18H18BrN5. The minimum Gasteiger partial charge on any atom is -0.350 e. The van der Waals surface area contributed by atoms with Crippen LogP contribution in [0.3, 0.4) is 0 Å². The van der Waals surface area contributed by atoms with Crippen LogP contribution in [0.25, 0.3) is 0 Å². The van der Waals surface area contributed by atoms with Gasteiger partial charge in [-0.2, -0.15) is 4.98 Å². The molecular weight excluding hydrogens is 366 g/mol. The maximum absolute atomic E-state index is 4.53. The van der Waals surface area contributed by atoms with Gasteiger partial charge in [0.05, 0.1) is 0 Å². The van der Waals surface area contributed by atoms with E-state index in [2.05, 4.69) is 54.5 Å². The van der Waals surface area contributed by atoms with E-state index in [0.29, 0.717) is 12.5 Å². The third kappa shape index (κ3) is 4.29. The van der Waals surface area contributed by atoms with Crippen LogP contribution < -0.4 is 10.6 Å². The fourth-order valence-electron chi connectivity index (χ4n) is 2.21. The van der Waals surface area contributed by atoms with Gasteiger partial charge in [0.25, 0.3) is 0 Å². The molecule has 2 heterocycles. The number of hydrogen-bond acceptors (Lipinski definition) is 5. The summed E-state index contributed by atoms with van der Waals surface area (Å²) in [6.07, 6.45) is 3.58. The zero-order valence-electron chi connectivity index (χ0n) is 13.5. The molecule has 0 radical (unpaired) electrons. The topological polar surface area (TPSA) is 62.7 Å². The van der Waals surface area contributed by atoms with E-state index in [1.807, 2.05) is 43.5 Å². The summed E-state index contributed by atoms with van der Waals surface area (Å²) < 4.78 is 1.06. The summed E-state index contributed by atoms with van der Waals surface area (Å²) in [5.74, 6) is 1.35. The number of hydrogen-bond donors (Lipinski definition) is 2. The maximum atomic E-state index is 4.53. The Hall–Kier alpha value is -2.47. The van der Waals surface area contributed by atoms with E-state index in [-0.39, 0.29) is 0 Å². The van der Waals surface area contributed by atoms with E-state index >= 15 is 0 Å². The third-order valence-electron chi connectivity index (χ3n) is 3.47. The lowest BCUT2D eigenvalue weighted by molar-refractivity contribution is 1.02. The van der Waals surface area contributed by atoms with Crippen LogP contribution in [-0.4, -0.2) is 15.0 Å². The van der Waals surface area contributed by atoms with E-state index in [1.54, 1.807) is 6.20 Å². The summed E-state index contributed by atoms with van der Waals surface area (Å²) in [6, 6.07) is 12.0. The van der Waals surface area contributed by atoms with E-state index in [4.69, 9.17) is 0 Å². The largest absolute Gasteiger partial charge is 0.350 e. The van der Waals surface area contributed by atoms with Crippen LogP contribution in [-0.2, 0) is 6.54 Å². The average Bonchev–Trinajstić information content (AvgIpc) is 2.57. The molecule has 0 unspecified atom stereocenters. The van der Waals surface area contributed by atoms with Crippen LogP contribution in [0.15, 0.2) is 53.3 Å². The van der Waals surface area contributed by atoms with Crippen molar-refractivity contribution in [1.82, 2.24) is 15.0 Å². The van der Waals surface area contributed by atoms with Gasteiger partial charge in [-0.25, -0.2) is 4.98 Å². The first-order chi connectivity index (χ1) is 11.6. The molecule has 0 aliphatic heterocycles. The first-order valence-electron chi connectivity index (χ1n) is 7.62. The van der Waals surface area contributed by atoms with Crippen LogP contribution >= 0.6 is 15.9 Å². The SMILES string of the molecule is Cc1cc(Nc2ccc(C)c(Br)c2)nc(NCc2cccnc2)n1. The second kappa shape index (κ2) is 7.40. The van der Waals surface area contributed by atoms with Gasteiger partial charge in [0.1, 0.15) is 5.82 Å². The molecule has 0 amide bonds.